The molecule has 0 bridgehead atoms. The van der Waals surface area contributed by atoms with E-state index in [9.17, 15) is 10.1 Å². The Labute approximate surface area is 111 Å². The fourth-order valence-corrected chi connectivity index (χ4v) is 1.39. The van der Waals surface area contributed by atoms with E-state index in [1.165, 1.54) is 18.2 Å². The smallest absolute Gasteiger partial charge is 0.273 e. The van der Waals surface area contributed by atoms with E-state index in [0.29, 0.717) is 17.4 Å². The summed E-state index contributed by atoms with van der Waals surface area (Å²) in [6.45, 7) is 6.49. The summed E-state index contributed by atoms with van der Waals surface area (Å²) in [6, 6.07) is 4.08. The summed E-state index contributed by atoms with van der Waals surface area (Å²) in [5.74, 6) is 0.295. The van der Waals surface area contributed by atoms with E-state index in [0.717, 1.165) is 0 Å². The molecule has 0 aromatic heterocycles. The molecule has 5 nitrogen and oxygen atoms in total. The van der Waals surface area contributed by atoms with Gasteiger partial charge in [0.25, 0.3) is 5.69 Å². The fourth-order valence-electron chi connectivity index (χ4n) is 1.22. The molecule has 0 spiro atoms. The van der Waals surface area contributed by atoms with Gasteiger partial charge in [-0.25, -0.2) is 0 Å². The minimum absolute atomic E-state index is 0.0499. The van der Waals surface area contributed by atoms with Crippen LogP contribution in [0.15, 0.2) is 18.2 Å². The van der Waals surface area contributed by atoms with Crippen molar-refractivity contribution >= 4 is 17.3 Å². The highest BCUT2D eigenvalue weighted by Gasteiger charge is 2.12. The number of halogens is 1. The third kappa shape index (κ3) is 4.89. The van der Waals surface area contributed by atoms with Crippen molar-refractivity contribution in [3.63, 3.8) is 0 Å². The lowest BCUT2D eigenvalue weighted by molar-refractivity contribution is -0.384. The molecule has 0 saturated carbocycles. The van der Waals surface area contributed by atoms with E-state index in [2.05, 4.69) is 0 Å². The maximum Gasteiger partial charge on any atom is 0.273 e. The largest absolute Gasteiger partial charge is 0.489 e. The summed E-state index contributed by atoms with van der Waals surface area (Å²) < 4.78 is 10.8. The average Bonchev–Trinajstić information content (AvgIpc) is 2.24. The van der Waals surface area contributed by atoms with E-state index in [-0.39, 0.29) is 17.9 Å². The third-order valence-electron chi connectivity index (χ3n) is 2.00. The maximum absolute atomic E-state index is 10.6. The van der Waals surface area contributed by atoms with Crippen molar-refractivity contribution in [2.45, 2.75) is 26.4 Å². The van der Waals surface area contributed by atoms with E-state index in [4.69, 9.17) is 21.1 Å². The topological polar surface area (TPSA) is 61.6 Å². The lowest BCUT2D eigenvalue weighted by Crippen LogP contribution is -2.22. The summed E-state index contributed by atoms with van der Waals surface area (Å²) in [6.07, 6.45) is 0. The molecule has 0 heterocycles. The molecule has 0 fully saturated rings. The van der Waals surface area contributed by atoms with Gasteiger partial charge in [0.1, 0.15) is 12.4 Å². The summed E-state index contributed by atoms with van der Waals surface area (Å²) in [7, 11) is 0. The van der Waals surface area contributed by atoms with Crippen molar-refractivity contribution in [3.05, 3.63) is 33.3 Å². The van der Waals surface area contributed by atoms with E-state index in [1.54, 1.807) is 0 Å². The molecule has 0 radical (unpaired) electrons. The van der Waals surface area contributed by atoms with Gasteiger partial charge in [-0.05, 0) is 26.8 Å². The summed E-state index contributed by atoms with van der Waals surface area (Å²) >= 11 is 5.88. The highest BCUT2D eigenvalue weighted by Crippen LogP contribution is 2.28. The zero-order chi connectivity index (χ0) is 13.8. The molecule has 0 saturated heterocycles. The first-order valence-electron chi connectivity index (χ1n) is 5.50. The van der Waals surface area contributed by atoms with E-state index >= 15 is 0 Å². The number of benzene rings is 1. The quantitative estimate of drug-likeness (QED) is 0.468. The highest BCUT2D eigenvalue weighted by atomic mass is 35.5. The third-order valence-corrected chi connectivity index (χ3v) is 2.31. The Bertz CT molecular complexity index is 429. The standard InChI is InChI=1S/C12H16ClNO4/c1-12(2,3)18-7-6-17-11-8-9(14(15)16)4-5-10(11)13/h4-5,8H,6-7H2,1-3H3. The van der Waals surface area contributed by atoms with Gasteiger partial charge in [-0.15, -0.1) is 0 Å². The fraction of sp³-hybridized carbons (Fsp3) is 0.500. The highest BCUT2D eigenvalue weighted by molar-refractivity contribution is 6.32. The van der Waals surface area contributed by atoms with Crippen LogP contribution < -0.4 is 4.74 Å². The number of nitro benzene ring substituents is 1. The van der Waals surface area contributed by atoms with Gasteiger partial charge in [-0.3, -0.25) is 10.1 Å². The van der Waals surface area contributed by atoms with Gasteiger partial charge in [0.05, 0.1) is 28.2 Å². The molecule has 1 aromatic carbocycles. The predicted molar refractivity (Wildman–Crippen MR) is 69.3 cm³/mol. The Kier molecular flexibility index (Phi) is 4.93. The van der Waals surface area contributed by atoms with Crippen molar-refractivity contribution in [3.8, 4) is 5.75 Å². The number of nitro groups is 1. The van der Waals surface area contributed by atoms with Crippen LogP contribution in [0.5, 0.6) is 5.75 Å². The molecule has 0 N–H and O–H groups in total. The Morgan fingerprint density at radius 3 is 2.56 bits per heavy atom. The molecule has 0 aliphatic rings. The first-order valence-corrected chi connectivity index (χ1v) is 5.88. The van der Waals surface area contributed by atoms with Gasteiger partial charge in [0.15, 0.2) is 0 Å². The second-order valence-corrected chi connectivity index (χ2v) is 5.09. The van der Waals surface area contributed by atoms with Gasteiger partial charge >= 0.3 is 0 Å². The monoisotopic (exact) mass is 273 g/mol. The summed E-state index contributed by atoms with van der Waals surface area (Å²) in [5, 5.41) is 11.0. The van der Waals surface area contributed by atoms with Crippen LogP contribution in [0.25, 0.3) is 0 Å². The molecule has 0 aliphatic heterocycles. The second kappa shape index (κ2) is 6.02. The normalized spacial score (nSPS) is 11.3. The first kappa shape index (κ1) is 14.7. The van der Waals surface area contributed by atoms with Crippen molar-refractivity contribution in [2.75, 3.05) is 13.2 Å². The molecule has 1 aromatic rings. The molecule has 0 unspecified atom stereocenters. The van der Waals surface area contributed by atoms with Gasteiger partial charge in [-0.1, -0.05) is 11.6 Å². The van der Waals surface area contributed by atoms with Crippen LogP contribution in [0.1, 0.15) is 20.8 Å². The molecular formula is C12H16ClNO4. The second-order valence-electron chi connectivity index (χ2n) is 4.68. The van der Waals surface area contributed by atoms with Gasteiger partial charge < -0.3 is 9.47 Å². The van der Waals surface area contributed by atoms with Crippen LogP contribution in [-0.4, -0.2) is 23.7 Å². The molecule has 0 aliphatic carbocycles. The minimum atomic E-state index is -0.491. The van der Waals surface area contributed by atoms with E-state index < -0.39 is 4.92 Å². The molecule has 18 heavy (non-hydrogen) atoms. The SMILES string of the molecule is CC(C)(C)OCCOc1cc([N+](=O)[O-])ccc1Cl. The molecule has 0 amide bonds. The van der Waals surface area contributed by atoms with E-state index in [1.807, 2.05) is 20.8 Å². The minimum Gasteiger partial charge on any atom is -0.489 e. The van der Waals surface area contributed by atoms with Crippen LogP contribution in [0.4, 0.5) is 5.69 Å². The molecule has 0 atom stereocenters. The number of nitrogens with zero attached hydrogens (tertiary/aromatic N) is 1. The van der Waals surface area contributed by atoms with Gasteiger partial charge in [-0.2, -0.15) is 0 Å². The van der Waals surface area contributed by atoms with Crippen LogP contribution in [0, 0.1) is 10.1 Å². The van der Waals surface area contributed by atoms with Crippen LogP contribution in [-0.2, 0) is 4.74 Å². The Hall–Kier alpha value is -1.33. The van der Waals surface area contributed by atoms with Crippen LogP contribution in [0.3, 0.4) is 0 Å². The Balaban J connectivity index is 2.56. The number of hydrogen-bond donors (Lipinski definition) is 0. The van der Waals surface area contributed by atoms with Crippen molar-refractivity contribution in [1.29, 1.82) is 0 Å². The van der Waals surface area contributed by atoms with Crippen LogP contribution in [0.2, 0.25) is 5.02 Å². The Morgan fingerprint density at radius 1 is 1.33 bits per heavy atom. The number of ether oxygens (including phenoxy) is 2. The molecule has 6 heteroatoms. The predicted octanol–water partition coefficient (Wildman–Crippen LogP) is 3.44. The molecule has 1 rings (SSSR count). The first-order chi connectivity index (χ1) is 8.29. The van der Waals surface area contributed by atoms with Gasteiger partial charge in [0, 0.05) is 6.07 Å². The zero-order valence-electron chi connectivity index (χ0n) is 10.6. The summed E-state index contributed by atoms with van der Waals surface area (Å²) in [5.41, 5.74) is -0.290. The lowest BCUT2D eigenvalue weighted by atomic mass is 10.2. The zero-order valence-corrected chi connectivity index (χ0v) is 11.4. The Morgan fingerprint density at radius 2 is 2.00 bits per heavy atom. The van der Waals surface area contributed by atoms with Crippen molar-refractivity contribution in [2.24, 2.45) is 0 Å². The van der Waals surface area contributed by atoms with Crippen molar-refractivity contribution < 1.29 is 14.4 Å². The number of non-ortho nitro benzene ring substituents is 1. The number of hydrogen-bond acceptors (Lipinski definition) is 4. The van der Waals surface area contributed by atoms with Crippen LogP contribution >= 0.6 is 11.6 Å². The molecular weight excluding hydrogens is 258 g/mol. The van der Waals surface area contributed by atoms with Gasteiger partial charge in [0.2, 0.25) is 0 Å². The average molecular weight is 274 g/mol. The molecule has 100 valence electrons. The lowest BCUT2D eigenvalue weighted by Gasteiger charge is -2.19. The summed E-state index contributed by atoms with van der Waals surface area (Å²) in [4.78, 5) is 10.1. The van der Waals surface area contributed by atoms with Crippen molar-refractivity contribution in [1.82, 2.24) is 0 Å². The number of rotatable bonds is 5. The maximum atomic E-state index is 10.6.